The Kier molecular flexibility index (Phi) is 21.9. The van der Waals surface area contributed by atoms with Gasteiger partial charge >= 0.3 is 5.97 Å². The second kappa shape index (κ2) is 20.4. The Balaban J connectivity index is 0. The molecular weight excluding hydrogens is 276 g/mol. The summed E-state index contributed by atoms with van der Waals surface area (Å²) in [5.41, 5.74) is 0. The molecule has 134 valence electrons. The van der Waals surface area contributed by atoms with Crippen molar-refractivity contribution in [1.29, 1.82) is 0 Å². The molecule has 0 aromatic rings. The van der Waals surface area contributed by atoms with Crippen LogP contribution >= 0.6 is 0 Å². The number of carbonyl (C=O) groups excluding carboxylic acids is 1. The van der Waals surface area contributed by atoms with Crippen LogP contribution in [0.5, 0.6) is 0 Å². The lowest BCUT2D eigenvalue weighted by Crippen LogP contribution is -2.08. The van der Waals surface area contributed by atoms with E-state index in [1.165, 1.54) is 83.5 Å². The molecule has 0 aromatic heterocycles. The number of nitrogens with two attached hydrogens (primary N) is 1. The summed E-state index contributed by atoms with van der Waals surface area (Å²) in [4.78, 5) is 14.9. The Bertz CT molecular complexity index is 223. The van der Waals surface area contributed by atoms with Gasteiger partial charge in [0.2, 0.25) is 0 Å². The molecule has 0 bridgehead atoms. The molecule has 0 radical (unpaired) electrons. The van der Waals surface area contributed by atoms with Crippen LogP contribution in [0.25, 0.3) is 0 Å². The van der Waals surface area contributed by atoms with E-state index in [1.807, 2.05) is 0 Å². The standard InChI is InChI=1S/C18H37NO2.H3N/c1-2-3-4-5-6-7-8-9-10-11-12-13-14-15-16-17-18(20)21-19;/h2-17,19H2,1H3;1H3. The summed E-state index contributed by atoms with van der Waals surface area (Å²) in [6.45, 7) is 2.27. The average Bonchev–Trinajstić information content (AvgIpc) is 2.50. The van der Waals surface area contributed by atoms with Gasteiger partial charge in [0.25, 0.3) is 0 Å². The van der Waals surface area contributed by atoms with Gasteiger partial charge in [0.05, 0.1) is 0 Å². The molecular formula is C18H40N2O2. The van der Waals surface area contributed by atoms with E-state index in [1.54, 1.807) is 0 Å². The van der Waals surface area contributed by atoms with E-state index in [0.29, 0.717) is 6.42 Å². The van der Waals surface area contributed by atoms with Crippen LogP contribution in [0.15, 0.2) is 0 Å². The summed E-state index contributed by atoms with van der Waals surface area (Å²) >= 11 is 0. The molecule has 4 nitrogen and oxygen atoms in total. The summed E-state index contributed by atoms with van der Waals surface area (Å²) in [5.74, 6) is 4.50. The molecule has 0 atom stereocenters. The van der Waals surface area contributed by atoms with Crippen molar-refractivity contribution in [3.63, 3.8) is 0 Å². The fourth-order valence-electron chi connectivity index (χ4n) is 2.70. The first kappa shape index (κ1) is 23.7. The van der Waals surface area contributed by atoms with Crippen molar-refractivity contribution in [2.45, 2.75) is 110 Å². The van der Waals surface area contributed by atoms with Crippen molar-refractivity contribution in [2.75, 3.05) is 0 Å². The van der Waals surface area contributed by atoms with E-state index >= 15 is 0 Å². The van der Waals surface area contributed by atoms with Crippen LogP contribution in [-0.4, -0.2) is 5.97 Å². The minimum atomic E-state index is -0.287. The number of carbonyl (C=O) groups is 1. The maximum Gasteiger partial charge on any atom is 0.324 e. The second-order valence-electron chi connectivity index (χ2n) is 6.19. The number of unbranched alkanes of at least 4 members (excludes halogenated alkanes) is 14. The largest absolute Gasteiger partial charge is 0.373 e. The van der Waals surface area contributed by atoms with E-state index in [0.717, 1.165) is 12.8 Å². The van der Waals surface area contributed by atoms with Crippen molar-refractivity contribution in [2.24, 2.45) is 5.90 Å². The maximum absolute atomic E-state index is 10.8. The first-order chi connectivity index (χ1) is 10.3. The van der Waals surface area contributed by atoms with Gasteiger partial charge in [-0.05, 0) is 6.42 Å². The molecule has 0 rings (SSSR count). The van der Waals surface area contributed by atoms with Gasteiger partial charge in [-0.3, -0.25) is 4.79 Å². The van der Waals surface area contributed by atoms with Gasteiger partial charge in [-0.2, -0.15) is 5.90 Å². The third kappa shape index (κ3) is 19.4. The van der Waals surface area contributed by atoms with Crippen LogP contribution < -0.4 is 12.0 Å². The van der Waals surface area contributed by atoms with Gasteiger partial charge in [-0.1, -0.05) is 96.8 Å². The Hall–Kier alpha value is -0.610. The quantitative estimate of drug-likeness (QED) is 0.277. The molecule has 22 heavy (non-hydrogen) atoms. The van der Waals surface area contributed by atoms with E-state index in [9.17, 15) is 4.79 Å². The minimum Gasteiger partial charge on any atom is -0.373 e. The Morgan fingerprint density at radius 2 is 1.00 bits per heavy atom. The fourth-order valence-corrected chi connectivity index (χ4v) is 2.70. The molecule has 0 aliphatic heterocycles. The fraction of sp³-hybridized carbons (Fsp3) is 0.944. The summed E-state index contributed by atoms with van der Waals surface area (Å²) < 4.78 is 0. The molecule has 0 heterocycles. The van der Waals surface area contributed by atoms with Crippen molar-refractivity contribution < 1.29 is 9.63 Å². The maximum atomic E-state index is 10.8. The predicted molar refractivity (Wildman–Crippen MR) is 94.8 cm³/mol. The van der Waals surface area contributed by atoms with Crippen molar-refractivity contribution in [3.8, 4) is 0 Å². The third-order valence-corrected chi connectivity index (χ3v) is 4.12. The highest BCUT2D eigenvalue weighted by atomic mass is 16.7. The molecule has 0 saturated carbocycles. The van der Waals surface area contributed by atoms with Gasteiger partial charge < -0.3 is 11.0 Å². The molecule has 0 unspecified atom stereocenters. The highest BCUT2D eigenvalue weighted by Gasteiger charge is 1.99. The number of hydrogen-bond donors (Lipinski definition) is 2. The van der Waals surface area contributed by atoms with Gasteiger partial charge in [0.1, 0.15) is 0 Å². The predicted octanol–water partition coefficient (Wildman–Crippen LogP) is 5.83. The van der Waals surface area contributed by atoms with Crippen LogP contribution in [0.3, 0.4) is 0 Å². The molecule has 0 amide bonds. The van der Waals surface area contributed by atoms with Crippen LogP contribution in [0.2, 0.25) is 0 Å². The zero-order chi connectivity index (χ0) is 15.6. The molecule has 0 spiro atoms. The molecule has 0 aliphatic rings. The van der Waals surface area contributed by atoms with E-state index < -0.39 is 0 Å². The van der Waals surface area contributed by atoms with Crippen molar-refractivity contribution in [1.82, 2.24) is 6.15 Å². The van der Waals surface area contributed by atoms with Gasteiger partial charge in [0.15, 0.2) is 0 Å². The Labute approximate surface area is 138 Å². The number of rotatable bonds is 16. The highest BCUT2D eigenvalue weighted by Crippen LogP contribution is 2.13. The summed E-state index contributed by atoms with van der Waals surface area (Å²) in [6.07, 6.45) is 20.5. The third-order valence-electron chi connectivity index (χ3n) is 4.12. The lowest BCUT2D eigenvalue weighted by atomic mass is 10.0. The lowest BCUT2D eigenvalue weighted by molar-refractivity contribution is -0.144. The first-order valence-electron chi connectivity index (χ1n) is 9.20. The first-order valence-corrected chi connectivity index (χ1v) is 9.20. The van der Waals surface area contributed by atoms with Gasteiger partial charge in [-0.25, -0.2) is 0 Å². The van der Waals surface area contributed by atoms with E-state index in [2.05, 4.69) is 11.8 Å². The monoisotopic (exact) mass is 316 g/mol. The molecule has 0 saturated heterocycles. The molecule has 5 N–H and O–H groups in total. The van der Waals surface area contributed by atoms with Crippen LogP contribution in [0, 0.1) is 0 Å². The van der Waals surface area contributed by atoms with Crippen LogP contribution in [0.4, 0.5) is 0 Å². The summed E-state index contributed by atoms with van der Waals surface area (Å²) in [6, 6.07) is 0. The molecule has 0 fully saturated rings. The van der Waals surface area contributed by atoms with Gasteiger partial charge in [-0.15, -0.1) is 0 Å². The average molecular weight is 317 g/mol. The summed E-state index contributed by atoms with van der Waals surface area (Å²) in [5, 5.41) is 0. The Morgan fingerprint density at radius 1 is 0.682 bits per heavy atom. The highest BCUT2D eigenvalue weighted by molar-refractivity contribution is 5.68. The van der Waals surface area contributed by atoms with Crippen LogP contribution in [0.1, 0.15) is 110 Å². The molecule has 4 heteroatoms. The topological polar surface area (TPSA) is 87.3 Å². The zero-order valence-corrected chi connectivity index (χ0v) is 14.9. The second-order valence-corrected chi connectivity index (χ2v) is 6.19. The molecule has 0 aliphatic carbocycles. The normalized spacial score (nSPS) is 10.3. The van der Waals surface area contributed by atoms with Crippen molar-refractivity contribution in [3.05, 3.63) is 0 Å². The van der Waals surface area contributed by atoms with Gasteiger partial charge in [0, 0.05) is 6.42 Å². The Morgan fingerprint density at radius 3 is 1.32 bits per heavy atom. The van der Waals surface area contributed by atoms with Crippen molar-refractivity contribution >= 4 is 5.97 Å². The smallest absolute Gasteiger partial charge is 0.324 e. The summed E-state index contributed by atoms with van der Waals surface area (Å²) in [7, 11) is 0. The SMILES string of the molecule is CCCCCCCCCCCCCCCCCC(=O)ON.N. The van der Waals surface area contributed by atoms with Crippen LogP contribution in [-0.2, 0) is 9.63 Å². The minimum absolute atomic E-state index is 0. The molecule has 0 aromatic carbocycles. The number of hydrogen-bond acceptors (Lipinski definition) is 4. The zero-order valence-electron chi connectivity index (χ0n) is 14.9. The van der Waals surface area contributed by atoms with E-state index in [-0.39, 0.29) is 12.1 Å². The lowest BCUT2D eigenvalue weighted by Gasteiger charge is -2.03. The van der Waals surface area contributed by atoms with E-state index in [4.69, 9.17) is 5.90 Å².